The minimum absolute atomic E-state index is 0. The van der Waals surface area contributed by atoms with E-state index in [1.54, 1.807) is 0 Å². The molecule has 0 bridgehead atoms. The van der Waals surface area contributed by atoms with Crippen molar-refractivity contribution in [2.45, 2.75) is 0 Å². The van der Waals surface area contributed by atoms with Crippen molar-refractivity contribution < 1.29 is 56.3 Å². The summed E-state index contributed by atoms with van der Waals surface area (Å²) in [7, 11) is 0. The first kappa shape index (κ1) is 52.8. The molecule has 1 radical (unpaired) electrons. The van der Waals surface area contributed by atoms with Gasteiger partial charge < -0.3 is 11.0 Å². The van der Waals surface area contributed by atoms with Gasteiger partial charge in [0.05, 0.1) is 0 Å². The summed E-state index contributed by atoms with van der Waals surface area (Å²) < 4.78 is 0. The normalized spacial score (nSPS) is 0. The summed E-state index contributed by atoms with van der Waals surface area (Å²) in [6, 6.07) is 0. The van der Waals surface area contributed by atoms with Gasteiger partial charge in [0.25, 0.3) is 0 Å². The second-order valence-corrected chi connectivity index (χ2v) is 0. The van der Waals surface area contributed by atoms with Gasteiger partial charge in [0.2, 0.25) is 0 Å². The summed E-state index contributed by atoms with van der Waals surface area (Å²) >= 11 is 0. The predicted molar refractivity (Wildman–Crippen MR) is 1.37 cm³/mol. The third-order valence-electron chi connectivity index (χ3n) is 0. The molecule has 2 nitrogen and oxygen atoms in total. The Hall–Kier alpha value is 1.41. The summed E-state index contributed by atoms with van der Waals surface area (Å²) in [5.41, 5.74) is 0. The SMILES string of the molecule is [Hf+4].[O-2].[O-2].[Rh]. The van der Waals surface area contributed by atoms with E-state index in [9.17, 15) is 0 Å². The van der Waals surface area contributed by atoms with Crippen molar-refractivity contribution in [2.75, 3.05) is 0 Å². The summed E-state index contributed by atoms with van der Waals surface area (Å²) in [6.07, 6.45) is 0. The Morgan fingerprint density at radius 2 is 0.750 bits per heavy atom. The van der Waals surface area contributed by atoms with E-state index in [2.05, 4.69) is 0 Å². The molecule has 0 unspecified atom stereocenters. The van der Waals surface area contributed by atoms with E-state index in [-0.39, 0.29) is 56.3 Å². The average molecular weight is 313 g/mol. The van der Waals surface area contributed by atoms with Crippen LogP contribution in [0, 0.1) is 0 Å². The topological polar surface area (TPSA) is 57.0 Å². The molecule has 0 aliphatic carbocycles. The maximum absolute atomic E-state index is 0. The van der Waals surface area contributed by atoms with Crippen LogP contribution >= 0.6 is 0 Å². The third-order valence-corrected chi connectivity index (χ3v) is 0. The molecule has 0 aromatic carbocycles. The summed E-state index contributed by atoms with van der Waals surface area (Å²) in [4.78, 5) is 0. The van der Waals surface area contributed by atoms with Crippen molar-refractivity contribution in [3.8, 4) is 0 Å². The van der Waals surface area contributed by atoms with Crippen molar-refractivity contribution in [3.05, 3.63) is 0 Å². The molecule has 0 fully saturated rings. The third kappa shape index (κ3) is 9.95. The Morgan fingerprint density at radius 1 is 0.750 bits per heavy atom. The van der Waals surface area contributed by atoms with Crippen molar-refractivity contribution in [1.82, 2.24) is 0 Å². The number of hydrogen-bond acceptors (Lipinski definition) is 0. The van der Waals surface area contributed by atoms with Crippen LogP contribution in [0.4, 0.5) is 0 Å². The molecule has 0 atom stereocenters. The van der Waals surface area contributed by atoms with Crippen LogP contribution in [0.15, 0.2) is 0 Å². The van der Waals surface area contributed by atoms with Gasteiger partial charge in [-0.3, -0.25) is 0 Å². The maximum atomic E-state index is 0. The second-order valence-electron chi connectivity index (χ2n) is 0. The van der Waals surface area contributed by atoms with Gasteiger partial charge in [-0.2, -0.15) is 0 Å². The number of hydrogen-bond donors (Lipinski definition) is 0. The summed E-state index contributed by atoms with van der Waals surface area (Å²) in [5, 5.41) is 0. The molecule has 0 rings (SSSR count). The van der Waals surface area contributed by atoms with Gasteiger partial charge in [-0.05, 0) is 0 Å². The Balaban J connectivity index is 0. The Bertz CT molecular complexity index is 6.00. The second kappa shape index (κ2) is 25.7. The maximum Gasteiger partial charge on any atom is 4.00 e. The first-order valence-electron chi connectivity index (χ1n) is 0. The molecule has 0 spiro atoms. The van der Waals surface area contributed by atoms with E-state index in [4.69, 9.17) is 0 Å². The Morgan fingerprint density at radius 3 is 0.750 bits per heavy atom. The Labute approximate surface area is 56.1 Å². The van der Waals surface area contributed by atoms with Crippen LogP contribution in [-0.4, -0.2) is 0 Å². The van der Waals surface area contributed by atoms with E-state index >= 15 is 0 Å². The molecule has 0 aliphatic rings. The van der Waals surface area contributed by atoms with Crippen molar-refractivity contribution in [3.63, 3.8) is 0 Å². The molecular formula is HfO2Rh. The van der Waals surface area contributed by atoms with Crippen LogP contribution in [-0.2, 0) is 56.3 Å². The molecule has 0 aromatic rings. The predicted octanol–water partition coefficient (Wildman–Crippen LogP) is -0.243. The van der Waals surface area contributed by atoms with Gasteiger partial charge in [0.1, 0.15) is 0 Å². The van der Waals surface area contributed by atoms with E-state index in [0.29, 0.717) is 0 Å². The fourth-order valence-corrected chi connectivity index (χ4v) is 0. The molecule has 0 saturated carbocycles. The molecule has 0 saturated heterocycles. The fourth-order valence-electron chi connectivity index (χ4n) is 0. The van der Waals surface area contributed by atoms with Gasteiger partial charge in [-0.25, -0.2) is 0 Å². The molecule has 0 aliphatic heterocycles. The van der Waals surface area contributed by atoms with Gasteiger partial charge in [-0.1, -0.05) is 0 Å². The molecule has 0 heterocycles. The quantitative estimate of drug-likeness (QED) is 0.554. The van der Waals surface area contributed by atoms with Gasteiger partial charge >= 0.3 is 25.8 Å². The average Bonchev–Trinajstić information content (AvgIpc) is 0. The molecule has 0 amide bonds. The molecule has 0 N–H and O–H groups in total. The largest absolute Gasteiger partial charge is 4.00 e. The molecule has 25 valence electrons. The van der Waals surface area contributed by atoms with E-state index in [0.717, 1.165) is 0 Å². The van der Waals surface area contributed by atoms with Crippen LogP contribution in [0.3, 0.4) is 0 Å². The fraction of sp³-hybridized carbons (Fsp3) is 0. The summed E-state index contributed by atoms with van der Waals surface area (Å²) in [5.74, 6) is 0. The van der Waals surface area contributed by atoms with E-state index < -0.39 is 0 Å². The standard InChI is InChI=1S/Hf.2O.Rh/q+4;2*-2;. The van der Waals surface area contributed by atoms with Crippen LogP contribution < -0.4 is 0 Å². The van der Waals surface area contributed by atoms with Gasteiger partial charge in [0.15, 0.2) is 0 Å². The first-order valence-corrected chi connectivity index (χ1v) is 0. The van der Waals surface area contributed by atoms with E-state index in [1.165, 1.54) is 0 Å². The van der Waals surface area contributed by atoms with Gasteiger partial charge in [-0.15, -0.1) is 0 Å². The minimum Gasteiger partial charge on any atom is -2.00 e. The molecular weight excluding hydrogens is 313 g/mol. The van der Waals surface area contributed by atoms with Crippen LogP contribution in [0.2, 0.25) is 0 Å². The molecule has 4 heteroatoms. The zero-order chi connectivity index (χ0) is 0. The van der Waals surface area contributed by atoms with Gasteiger partial charge in [0, 0.05) is 19.5 Å². The van der Waals surface area contributed by atoms with Crippen molar-refractivity contribution in [1.29, 1.82) is 0 Å². The van der Waals surface area contributed by atoms with Crippen molar-refractivity contribution >= 4 is 0 Å². The zero-order valence-corrected chi connectivity index (χ0v) is 6.88. The minimum atomic E-state index is 0. The Kier molecular flexibility index (Phi) is 340. The van der Waals surface area contributed by atoms with Crippen molar-refractivity contribution in [2.24, 2.45) is 0 Å². The van der Waals surface area contributed by atoms with Crippen LogP contribution in [0.25, 0.3) is 0 Å². The first-order chi connectivity index (χ1) is 0. The molecule has 0 aromatic heterocycles. The van der Waals surface area contributed by atoms with Crippen LogP contribution in [0.5, 0.6) is 0 Å². The zero-order valence-electron chi connectivity index (χ0n) is 1.65. The van der Waals surface area contributed by atoms with Crippen LogP contribution in [0.1, 0.15) is 0 Å². The molecule has 4 heavy (non-hydrogen) atoms. The number of rotatable bonds is 0. The smallest absolute Gasteiger partial charge is 2.00 e. The van der Waals surface area contributed by atoms with E-state index in [1.807, 2.05) is 0 Å². The summed E-state index contributed by atoms with van der Waals surface area (Å²) in [6.45, 7) is 0. The monoisotopic (exact) mass is 315 g/mol.